The van der Waals surface area contributed by atoms with Gasteiger partial charge in [-0.25, -0.2) is 0 Å². The Balaban J connectivity index is -0.000000823. The molecule has 0 spiro atoms. The van der Waals surface area contributed by atoms with E-state index >= 15 is 0 Å². The fraction of sp³-hybridized carbons (Fsp3) is 0.889. The van der Waals surface area contributed by atoms with Crippen molar-refractivity contribution >= 4 is 22.1 Å². The molecule has 0 unspecified atom stereocenters. The molecule has 0 aromatic heterocycles. The van der Waals surface area contributed by atoms with E-state index in [1.54, 1.807) is 0 Å². The molecule has 0 atom stereocenters. The smallest absolute Gasteiger partial charge is 0.799 e. The van der Waals surface area contributed by atoms with Crippen LogP contribution in [0.2, 0.25) is 0 Å². The van der Waals surface area contributed by atoms with Crippen molar-refractivity contribution in [3.05, 3.63) is 72.9 Å². The molecule has 0 aliphatic heterocycles. The minimum absolute atomic E-state index is 0. The van der Waals surface area contributed by atoms with Crippen LogP contribution in [-0.4, -0.2) is 37.0 Å². The van der Waals surface area contributed by atoms with Crippen LogP contribution < -0.4 is 14.7 Å². The van der Waals surface area contributed by atoms with E-state index < -0.39 is 22.1 Å². The zero-order valence-electron chi connectivity index (χ0n) is 80.9. The van der Waals surface area contributed by atoms with Crippen molar-refractivity contribution in [3.8, 4) is 0 Å². The van der Waals surface area contributed by atoms with Crippen molar-refractivity contribution in [2.45, 2.75) is 581 Å². The van der Waals surface area contributed by atoms with Crippen LogP contribution in [-0.2, 0) is 13.7 Å². The van der Waals surface area contributed by atoms with Crippen molar-refractivity contribution < 1.29 is 69.2 Å². The van der Waals surface area contributed by atoms with Gasteiger partial charge >= 0.3 is 40.8 Å². The Labute approximate surface area is 775 Å². The maximum Gasteiger partial charge on any atom is 3.00 e. The number of hydrogen-bond donors (Lipinski definition) is 0. The van der Waals surface area contributed by atoms with Gasteiger partial charge in [0.05, 0.1) is 0 Å². The summed E-state index contributed by atoms with van der Waals surface area (Å²) in [6, 6.07) is 0. The van der Waals surface area contributed by atoms with Crippen LogP contribution in [0.1, 0.15) is 581 Å². The summed E-state index contributed by atoms with van der Waals surface area (Å²) < 4.78 is 37.0. The molecule has 0 fully saturated rings. The summed E-state index contributed by atoms with van der Waals surface area (Å²) in [7, 11) is -9.41. The van der Waals surface area contributed by atoms with Crippen LogP contribution in [0, 0.1) is 40.8 Å². The van der Waals surface area contributed by atoms with Gasteiger partial charge in [0.1, 0.15) is 0 Å². The van der Waals surface area contributed by atoms with Gasteiger partial charge in [-0.15, -0.1) is 0 Å². The zero-order chi connectivity index (χ0) is 85.6. The Morgan fingerprint density at radius 1 is 0.136 bits per heavy atom. The van der Waals surface area contributed by atoms with Gasteiger partial charge in [-0.3, -0.25) is 0 Å². The maximum absolute atomic E-state index is 12.3. The first-order chi connectivity index (χ1) is 57.4. The monoisotopic (exact) mass is 1840 g/mol. The first kappa shape index (κ1) is 125. The fourth-order valence-electron chi connectivity index (χ4n) is 15.9. The first-order valence-corrected chi connectivity index (χ1v) is 59.1. The Kier molecular flexibility index (Phi) is 116. The van der Waals surface area contributed by atoms with E-state index in [0.29, 0.717) is 37.0 Å². The van der Waals surface area contributed by atoms with Gasteiger partial charge in [-0.1, -0.05) is 461 Å². The van der Waals surface area contributed by atoms with Gasteiger partial charge in [-0.05, 0) is 230 Å². The third-order valence-electron chi connectivity index (χ3n) is 24.1. The van der Waals surface area contributed by atoms with E-state index in [1.165, 1.54) is 462 Å². The second kappa shape index (κ2) is 110. The third kappa shape index (κ3) is 118. The molecule has 0 aliphatic rings. The topological polar surface area (TPSA) is 120 Å². The quantitative estimate of drug-likeness (QED) is 0.0340. The van der Waals surface area contributed by atoms with Gasteiger partial charge < -0.3 is 28.4 Å². The largest absolute Gasteiger partial charge is 3.00 e. The van der Waals surface area contributed by atoms with Gasteiger partial charge in [0.2, 0.25) is 0 Å². The number of hydrogen-bond acceptors (Lipinski definition) is 6. The minimum atomic E-state index is -3.14. The molecule has 118 heavy (non-hydrogen) atoms. The molecule has 0 saturated heterocycles. The van der Waals surface area contributed by atoms with Crippen LogP contribution in [0.4, 0.5) is 0 Å². The number of rotatable bonds is 96. The molecular weight excluding hydrogens is 1630 g/mol. The standard InChI is InChI=1S/3C36H71O2P.Nd/c3*1-3-5-7-9-11-13-15-17-19-21-23-25-27-29-31-33-35-39(37,38)36-34-32-30-28-26-24-22-20-18-16-14-12-10-8-6-4-2;/h3*17-20H,3-16,21-36H2,1-2H3,(H,37,38);/q;;;+3/p-3/b3*19-17-,20-18-;. The van der Waals surface area contributed by atoms with E-state index in [4.69, 9.17) is 0 Å². The molecule has 0 rings (SSSR count). The Morgan fingerprint density at radius 3 is 0.305 bits per heavy atom. The van der Waals surface area contributed by atoms with E-state index in [9.17, 15) is 28.4 Å². The predicted octanol–water partition coefficient (Wildman–Crippen LogP) is 38.1. The maximum atomic E-state index is 12.3. The molecule has 1 radical (unpaired) electrons. The molecule has 6 nitrogen and oxygen atoms in total. The van der Waals surface area contributed by atoms with Crippen molar-refractivity contribution in [3.63, 3.8) is 0 Å². The van der Waals surface area contributed by atoms with Gasteiger partial charge in [0, 0.05) is 22.1 Å². The molecule has 0 bridgehead atoms. The average molecular weight is 1840 g/mol. The SMILES string of the molecule is CCCCCCCC/C=C\CCCCCCCCP(=O)([O-])CCCCCCCC/C=C\CCCCCCCC.CCCCCCCC/C=C\CCCCCCCCP(=O)([O-])CCCCCCCC/C=C\CCCCCCCC.CCCCCCCC/C=C\CCCCCCCCP(=O)([O-])CCCCCCCC/C=C\CCCCCCCC.[Nd+3]. The van der Waals surface area contributed by atoms with Crippen LogP contribution in [0.15, 0.2) is 72.9 Å². The Morgan fingerprint density at radius 2 is 0.212 bits per heavy atom. The second-order valence-corrected chi connectivity index (χ2v) is 44.0. The predicted molar refractivity (Wildman–Crippen MR) is 529 cm³/mol. The zero-order valence-corrected chi connectivity index (χ0v) is 86.8. The summed E-state index contributed by atoms with van der Waals surface area (Å²) in [5.41, 5.74) is 0. The van der Waals surface area contributed by atoms with E-state index in [1.807, 2.05) is 0 Å². The van der Waals surface area contributed by atoms with E-state index in [0.717, 1.165) is 77.0 Å². The summed E-state index contributed by atoms with van der Waals surface area (Å²) in [5.74, 6) is 0. The summed E-state index contributed by atoms with van der Waals surface area (Å²) in [6.45, 7) is 13.6. The summed E-state index contributed by atoms with van der Waals surface area (Å²) in [4.78, 5) is 37.0. The number of allylic oxidation sites excluding steroid dienone is 12. The molecule has 0 saturated carbocycles. The number of unbranched alkanes of at least 4 members (excludes halogenated alkanes) is 72. The third-order valence-corrected chi connectivity index (χ3v) is 30.0. The molecular formula is C108H210NdO6P3. The summed E-state index contributed by atoms with van der Waals surface area (Å²) >= 11 is 0. The van der Waals surface area contributed by atoms with Crippen LogP contribution >= 0.6 is 22.1 Å². The van der Waals surface area contributed by atoms with Crippen molar-refractivity contribution in [1.82, 2.24) is 0 Å². The fourth-order valence-corrected chi connectivity index (χ4v) is 20.8. The van der Waals surface area contributed by atoms with Gasteiger partial charge in [-0.2, -0.15) is 0 Å². The molecule has 0 aromatic rings. The second-order valence-electron chi connectivity index (χ2n) is 36.4. The van der Waals surface area contributed by atoms with Gasteiger partial charge in [0.15, 0.2) is 0 Å². The molecule has 0 heterocycles. The van der Waals surface area contributed by atoms with Crippen molar-refractivity contribution in [1.29, 1.82) is 0 Å². The molecule has 0 aromatic carbocycles. The minimum Gasteiger partial charge on any atom is -0.799 e. The molecule has 10 heteroatoms. The van der Waals surface area contributed by atoms with E-state index in [2.05, 4.69) is 114 Å². The normalized spacial score (nSPS) is 12.3. The van der Waals surface area contributed by atoms with Crippen LogP contribution in [0.5, 0.6) is 0 Å². The van der Waals surface area contributed by atoms with E-state index in [-0.39, 0.29) is 40.8 Å². The van der Waals surface area contributed by atoms with Crippen molar-refractivity contribution in [2.24, 2.45) is 0 Å². The molecule has 0 N–H and O–H groups in total. The Bertz CT molecular complexity index is 1810. The first-order valence-electron chi connectivity index (χ1n) is 53.1. The summed E-state index contributed by atoms with van der Waals surface area (Å²) in [6.07, 6.45) is 137. The van der Waals surface area contributed by atoms with Crippen LogP contribution in [0.25, 0.3) is 0 Å². The molecule has 0 aliphatic carbocycles. The molecule has 0 amide bonds. The summed E-state index contributed by atoms with van der Waals surface area (Å²) in [5, 5.41) is 0. The Hall–Kier alpha value is 0.361. The van der Waals surface area contributed by atoms with Crippen molar-refractivity contribution in [2.75, 3.05) is 37.0 Å². The average Bonchev–Trinajstić information content (AvgIpc) is 0.951. The van der Waals surface area contributed by atoms with Gasteiger partial charge in [0.25, 0.3) is 0 Å². The molecule has 697 valence electrons. The van der Waals surface area contributed by atoms with Crippen LogP contribution in [0.3, 0.4) is 0 Å².